The number of nitriles is 2. The van der Waals surface area contributed by atoms with Crippen LogP contribution in [0.25, 0.3) is 34.0 Å². The van der Waals surface area contributed by atoms with Gasteiger partial charge < -0.3 is 20.6 Å². The summed E-state index contributed by atoms with van der Waals surface area (Å²) in [5.41, 5.74) is 4.97. The molecule has 0 aliphatic heterocycles. The summed E-state index contributed by atoms with van der Waals surface area (Å²) >= 11 is 0. The van der Waals surface area contributed by atoms with Crippen molar-refractivity contribution in [2.45, 2.75) is 13.1 Å². The second-order valence-corrected chi connectivity index (χ2v) is 9.10. The molecule has 0 aliphatic rings. The number of carbonyl (C=O) groups is 2. The number of hydrogen-bond donors (Lipinski definition) is 4. The van der Waals surface area contributed by atoms with Crippen LogP contribution in [0, 0.1) is 22.7 Å². The van der Waals surface area contributed by atoms with E-state index in [2.05, 4.69) is 20.6 Å². The van der Waals surface area contributed by atoms with E-state index in [0.29, 0.717) is 0 Å². The second kappa shape index (κ2) is 11.7. The van der Waals surface area contributed by atoms with Gasteiger partial charge in [0.15, 0.2) is 0 Å². The minimum atomic E-state index is -0.479. The van der Waals surface area contributed by atoms with E-state index in [1.165, 1.54) is 0 Å². The summed E-state index contributed by atoms with van der Waals surface area (Å²) in [4.78, 5) is 31.7. The fourth-order valence-electron chi connectivity index (χ4n) is 4.44. The molecule has 0 bridgehead atoms. The van der Waals surface area contributed by atoms with E-state index in [4.69, 9.17) is 0 Å². The molecule has 0 atom stereocenters. The number of carbonyl (C=O) groups excluding carboxylic acids is 2. The molecule has 0 aliphatic carbocycles. The molecule has 8 heteroatoms. The van der Waals surface area contributed by atoms with Crippen molar-refractivity contribution in [2.24, 2.45) is 0 Å². The molecule has 2 aromatic heterocycles. The standard InChI is InChI=1S/C32H24N6O2/c33-15-23(13-25-19-35-29-10-3-1-8-27(25)29)31(39)37-17-21-6-5-7-22(12-21)18-38-32(40)24(16-34)14-26-20-36-30-11-4-2-9-28(26)30/h1-14,19-20,35-36H,17-18H2,(H,37,39)(H,38,40)/b23-13+,24-14+. The summed E-state index contributed by atoms with van der Waals surface area (Å²) in [6.07, 6.45) is 6.66. The first kappa shape index (κ1) is 25.8. The third-order valence-corrected chi connectivity index (χ3v) is 6.47. The Morgan fingerprint density at radius 1 is 0.675 bits per heavy atom. The molecule has 194 valence electrons. The van der Waals surface area contributed by atoms with E-state index in [1.807, 2.05) is 84.9 Å². The van der Waals surface area contributed by atoms with E-state index in [-0.39, 0.29) is 24.2 Å². The van der Waals surface area contributed by atoms with Crippen LogP contribution in [0.2, 0.25) is 0 Å². The van der Waals surface area contributed by atoms with Gasteiger partial charge >= 0.3 is 0 Å². The average molecular weight is 525 g/mol. The SMILES string of the molecule is N#C/C(=C\c1c[nH]c2ccccc12)C(=O)NCc1cccc(CNC(=O)/C(C#N)=C/c2c[nH]c3ccccc23)c1. The van der Waals surface area contributed by atoms with Gasteiger partial charge in [-0.25, -0.2) is 0 Å². The number of amides is 2. The predicted octanol–water partition coefficient (Wildman–Crippen LogP) is 5.10. The third kappa shape index (κ3) is 5.67. The number of aromatic amines is 2. The molecule has 8 nitrogen and oxygen atoms in total. The summed E-state index contributed by atoms with van der Waals surface area (Å²) in [5.74, 6) is -0.958. The Morgan fingerprint density at radius 3 is 1.57 bits per heavy atom. The first-order valence-corrected chi connectivity index (χ1v) is 12.6. The number of rotatable bonds is 8. The smallest absolute Gasteiger partial charge is 0.262 e. The van der Waals surface area contributed by atoms with Crippen molar-refractivity contribution < 1.29 is 9.59 Å². The lowest BCUT2D eigenvalue weighted by atomic mass is 10.1. The minimum Gasteiger partial charge on any atom is -0.361 e. The van der Waals surface area contributed by atoms with Crippen LogP contribution in [-0.4, -0.2) is 21.8 Å². The zero-order valence-electron chi connectivity index (χ0n) is 21.4. The maximum atomic E-state index is 12.7. The average Bonchev–Trinajstić information content (AvgIpc) is 3.60. The van der Waals surface area contributed by atoms with Crippen LogP contribution >= 0.6 is 0 Å². The Hall–Kier alpha value is -5.86. The van der Waals surface area contributed by atoms with E-state index >= 15 is 0 Å². The first-order valence-electron chi connectivity index (χ1n) is 12.6. The van der Waals surface area contributed by atoms with Gasteiger partial charge in [-0.15, -0.1) is 0 Å². The van der Waals surface area contributed by atoms with Gasteiger partial charge in [0.2, 0.25) is 0 Å². The van der Waals surface area contributed by atoms with Crippen LogP contribution in [0.15, 0.2) is 96.3 Å². The lowest BCUT2D eigenvalue weighted by molar-refractivity contribution is -0.118. The maximum absolute atomic E-state index is 12.7. The predicted molar refractivity (Wildman–Crippen MR) is 154 cm³/mol. The second-order valence-electron chi connectivity index (χ2n) is 9.10. The Kier molecular flexibility index (Phi) is 7.53. The van der Waals surface area contributed by atoms with Gasteiger partial charge in [-0.1, -0.05) is 60.7 Å². The molecule has 5 aromatic rings. The summed E-state index contributed by atoms with van der Waals surface area (Å²) in [5, 5.41) is 26.6. The minimum absolute atomic E-state index is 0.000748. The zero-order chi connectivity index (χ0) is 27.9. The molecule has 0 fully saturated rings. The van der Waals surface area contributed by atoms with E-state index < -0.39 is 11.8 Å². The highest BCUT2D eigenvalue weighted by atomic mass is 16.2. The first-order chi connectivity index (χ1) is 19.6. The Morgan fingerprint density at radius 2 is 1.12 bits per heavy atom. The number of nitrogens with one attached hydrogen (secondary N) is 4. The normalized spacial score (nSPS) is 11.7. The topological polar surface area (TPSA) is 137 Å². The van der Waals surface area contributed by atoms with Gasteiger partial charge in [-0.05, 0) is 35.4 Å². The van der Waals surface area contributed by atoms with Gasteiger partial charge in [0.1, 0.15) is 23.3 Å². The largest absolute Gasteiger partial charge is 0.361 e. The maximum Gasteiger partial charge on any atom is 0.262 e. The van der Waals surface area contributed by atoms with Gasteiger partial charge in [-0.3, -0.25) is 9.59 Å². The highest BCUT2D eigenvalue weighted by Gasteiger charge is 2.13. The number of hydrogen-bond acceptors (Lipinski definition) is 4. The Bertz CT molecular complexity index is 1740. The molecule has 0 saturated carbocycles. The third-order valence-electron chi connectivity index (χ3n) is 6.47. The lowest BCUT2D eigenvalue weighted by Gasteiger charge is -2.08. The van der Waals surface area contributed by atoms with Crippen molar-refractivity contribution in [3.8, 4) is 12.1 Å². The number of nitrogens with zero attached hydrogens (tertiary/aromatic N) is 2. The van der Waals surface area contributed by atoms with Gasteiger partial charge in [0.25, 0.3) is 11.8 Å². The Balaban J connectivity index is 1.21. The summed E-state index contributed by atoms with van der Waals surface area (Å²) in [6.45, 7) is 0.412. The molecule has 5 rings (SSSR count). The molecule has 0 unspecified atom stereocenters. The lowest BCUT2D eigenvalue weighted by Crippen LogP contribution is -2.25. The van der Waals surface area contributed by atoms with Crippen LogP contribution in [0.4, 0.5) is 0 Å². The zero-order valence-corrected chi connectivity index (χ0v) is 21.4. The van der Waals surface area contributed by atoms with Crippen LogP contribution in [0.5, 0.6) is 0 Å². The molecule has 0 spiro atoms. The number of aromatic nitrogens is 2. The molecular formula is C32H24N6O2. The van der Waals surface area contributed by atoms with E-state index in [9.17, 15) is 20.1 Å². The molecule has 2 amide bonds. The Labute approximate surface area is 230 Å². The van der Waals surface area contributed by atoms with E-state index in [1.54, 1.807) is 24.5 Å². The summed E-state index contributed by atoms with van der Waals surface area (Å²) in [6, 6.07) is 26.6. The number of fused-ring (bicyclic) bond motifs is 2. The summed E-state index contributed by atoms with van der Waals surface area (Å²) < 4.78 is 0. The van der Waals surface area contributed by atoms with Crippen LogP contribution in [0.1, 0.15) is 22.3 Å². The van der Waals surface area contributed by atoms with Crippen LogP contribution in [-0.2, 0) is 22.7 Å². The highest BCUT2D eigenvalue weighted by Crippen LogP contribution is 2.21. The van der Waals surface area contributed by atoms with E-state index in [0.717, 1.165) is 44.1 Å². The van der Waals surface area contributed by atoms with Gasteiger partial charge in [0.05, 0.1) is 0 Å². The van der Waals surface area contributed by atoms with Crippen molar-refractivity contribution in [1.82, 2.24) is 20.6 Å². The quantitative estimate of drug-likeness (QED) is 0.166. The fraction of sp³-hybridized carbons (Fsp3) is 0.0625. The number of benzene rings is 3. The molecule has 40 heavy (non-hydrogen) atoms. The van der Waals surface area contributed by atoms with Crippen molar-refractivity contribution in [2.75, 3.05) is 0 Å². The number of H-pyrrole nitrogens is 2. The van der Waals surface area contributed by atoms with Crippen LogP contribution < -0.4 is 10.6 Å². The van der Waals surface area contributed by atoms with Gasteiger partial charge in [0, 0.05) is 58.4 Å². The molecule has 4 N–H and O–H groups in total. The molecule has 0 saturated heterocycles. The summed E-state index contributed by atoms with van der Waals surface area (Å²) in [7, 11) is 0. The molecule has 0 radical (unpaired) electrons. The monoisotopic (exact) mass is 524 g/mol. The van der Waals surface area contributed by atoms with Crippen molar-refractivity contribution in [3.63, 3.8) is 0 Å². The fourth-order valence-corrected chi connectivity index (χ4v) is 4.44. The van der Waals surface area contributed by atoms with Gasteiger partial charge in [-0.2, -0.15) is 10.5 Å². The molecule has 2 heterocycles. The van der Waals surface area contributed by atoms with Crippen LogP contribution in [0.3, 0.4) is 0 Å². The highest BCUT2D eigenvalue weighted by molar-refractivity contribution is 6.04. The van der Waals surface area contributed by atoms with Crippen molar-refractivity contribution >= 4 is 45.8 Å². The number of para-hydroxylation sites is 2. The van der Waals surface area contributed by atoms with Crippen molar-refractivity contribution in [3.05, 3.63) is 119 Å². The molecular weight excluding hydrogens is 500 g/mol. The van der Waals surface area contributed by atoms with Crippen molar-refractivity contribution in [1.29, 1.82) is 10.5 Å². The molecule has 3 aromatic carbocycles.